The number of carbonyl (C=O) groups excluding carboxylic acids is 1. The van der Waals surface area contributed by atoms with E-state index in [4.69, 9.17) is 5.11 Å². The minimum atomic E-state index is -4.45. The molecule has 2 N–H and O–H groups in total. The molecule has 0 fully saturated rings. The van der Waals surface area contributed by atoms with Crippen LogP contribution in [0.5, 0.6) is 0 Å². The van der Waals surface area contributed by atoms with Gasteiger partial charge in [-0.25, -0.2) is 0 Å². The maximum Gasteiger partial charge on any atom is 0.416 e. The molecule has 0 unspecified atom stereocenters. The Morgan fingerprint density at radius 2 is 2.06 bits per heavy atom. The van der Waals surface area contributed by atoms with E-state index in [9.17, 15) is 18.0 Å². The number of amides is 1. The van der Waals surface area contributed by atoms with Crippen LogP contribution in [0.15, 0.2) is 36.1 Å². The summed E-state index contributed by atoms with van der Waals surface area (Å²) in [5, 5.41) is 11.0. The Morgan fingerprint density at radius 1 is 1.41 bits per heavy atom. The fourth-order valence-electron chi connectivity index (χ4n) is 1.14. The predicted molar refractivity (Wildman–Crippen MR) is 56.5 cm³/mol. The fraction of sp³-hybridized carbons (Fsp3) is 0.182. The number of halogens is 3. The minimum Gasteiger partial charge on any atom is -0.512 e. The number of nitrogens with one attached hydrogen (secondary N) is 1. The maximum absolute atomic E-state index is 12.4. The van der Waals surface area contributed by atoms with Gasteiger partial charge in [0, 0.05) is 11.8 Å². The number of aliphatic hydroxyl groups is 1. The summed E-state index contributed by atoms with van der Waals surface area (Å²) in [5.41, 5.74) is -0.831. The Balaban J connectivity index is 2.87. The molecule has 1 rings (SSSR count). The zero-order valence-corrected chi connectivity index (χ0v) is 8.88. The standard InChI is InChI=1S/C11H10F3NO2/c1-7(16)5-10(17)15-9-4-2-3-8(6-9)11(12,13)14/h2-6,16H,1H3,(H,15,17)/b7-5-. The largest absolute Gasteiger partial charge is 0.512 e. The fourth-order valence-corrected chi connectivity index (χ4v) is 1.14. The van der Waals surface area contributed by atoms with Crippen molar-refractivity contribution in [2.75, 3.05) is 5.32 Å². The van der Waals surface area contributed by atoms with Crippen molar-refractivity contribution in [2.45, 2.75) is 13.1 Å². The molecule has 3 nitrogen and oxygen atoms in total. The second-order valence-corrected chi connectivity index (χ2v) is 3.35. The first-order chi connectivity index (χ1) is 7.79. The van der Waals surface area contributed by atoms with E-state index in [1.165, 1.54) is 19.1 Å². The van der Waals surface area contributed by atoms with E-state index in [2.05, 4.69) is 5.32 Å². The van der Waals surface area contributed by atoms with Gasteiger partial charge in [-0.05, 0) is 25.1 Å². The number of hydrogen-bond acceptors (Lipinski definition) is 2. The van der Waals surface area contributed by atoms with Crippen LogP contribution in [0.4, 0.5) is 18.9 Å². The Labute approximate surface area is 95.6 Å². The van der Waals surface area contributed by atoms with Gasteiger partial charge in [0.15, 0.2) is 0 Å². The van der Waals surface area contributed by atoms with Crippen LogP contribution in [-0.4, -0.2) is 11.0 Å². The van der Waals surface area contributed by atoms with Gasteiger partial charge in [0.2, 0.25) is 0 Å². The second kappa shape index (κ2) is 4.90. The van der Waals surface area contributed by atoms with Crippen LogP contribution < -0.4 is 5.32 Å². The Bertz CT molecular complexity index is 448. The third kappa shape index (κ3) is 4.18. The van der Waals surface area contributed by atoms with Crippen molar-refractivity contribution >= 4 is 11.6 Å². The van der Waals surface area contributed by atoms with Crippen LogP contribution in [0, 0.1) is 0 Å². The van der Waals surface area contributed by atoms with Gasteiger partial charge in [-0.2, -0.15) is 13.2 Å². The van der Waals surface area contributed by atoms with E-state index in [-0.39, 0.29) is 11.4 Å². The summed E-state index contributed by atoms with van der Waals surface area (Å²) in [6, 6.07) is 4.24. The Morgan fingerprint density at radius 3 is 2.59 bits per heavy atom. The summed E-state index contributed by atoms with van der Waals surface area (Å²) in [7, 11) is 0. The van der Waals surface area contributed by atoms with Gasteiger partial charge in [0.1, 0.15) is 0 Å². The van der Waals surface area contributed by atoms with E-state index in [0.29, 0.717) is 0 Å². The first kappa shape index (κ1) is 13.1. The number of alkyl halides is 3. The van der Waals surface area contributed by atoms with Crippen molar-refractivity contribution in [1.82, 2.24) is 0 Å². The first-order valence-electron chi connectivity index (χ1n) is 4.64. The molecule has 0 atom stereocenters. The number of allylic oxidation sites excluding steroid dienone is 1. The molecule has 0 saturated carbocycles. The molecule has 0 radical (unpaired) electrons. The summed E-state index contributed by atoms with van der Waals surface area (Å²) in [4.78, 5) is 11.2. The van der Waals surface area contributed by atoms with Gasteiger partial charge in [-0.15, -0.1) is 0 Å². The number of hydrogen-bond donors (Lipinski definition) is 2. The van der Waals surface area contributed by atoms with Gasteiger partial charge in [-0.3, -0.25) is 4.79 Å². The molecule has 0 saturated heterocycles. The van der Waals surface area contributed by atoms with Crippen molar-refractivity contribution in [2.24, 2.45) is 0 Å². The summed E-state index contributed by atoms with van der Waals surface area (Å²) in [6.45, 7) is 1.28. The maximum atomic E-state index is 12.4. The Hall–Kier alpha value is -1.98. The molecular weight excluding hydrogens is 235 g/mol. The van der Waals surface area contributed by atoms with Gasteiger partial charge < -0.3 is 10.4 Å². The highest BCUT2D eigenvalue weighted by Gasteiger charge is 2.30. The molecule has 6 heteroatoms. The molecule has 1 aromatic rings. The molecular formula is C11H10F3NO2. The van der Waals surface area contributed by atoms with Gasteiger partial charge >= 0.3 is 6.18 Å². The number of rotatable bonds is 2. The van der Waals surface area contributed by atoms with Crippen molar-refractivity contribution in [3.63, 3.8) is 0 Å². The molecule has 1 amide bonds. The van der Waals surface area contributed by atoms with E-state index >= 15 is 0 Å². The molecule has 0 aliphatic rings. The lowest BCUT2D eigenvalue weighted by Crippen LogP contribution is -2.10. The zero-order valence-electron chi connectivity index (χ0n) is 8.88. The number of carbonyl (C=O) groups is 1. The Kier molecular flexibility index (Phi) is 3.77. The van der Waals surface area contributed by atoms with Crippen molar-refractivity contribution < 1.29 is 23.1 Å². The van der Waals surface area contributed by atoms with Crippen molar-refractivity contribution in [1.29, 1.82) is 0 Å². The highest BCUT2D eigenvalue weighted by atomic mass is 19.4. The lowest BCUT2D eigenvalue weighted by atomic mass is 10.2. The third-order valence-electron chi connectivity index (χ3n) is 1.80. The molecule has 0 heterocycles. The molecule has 0 bridgehead atoms. The number of aliphatic hydroxyl groups excluding tert-OH is 1. The summed E-state index contributed by atoms with van der Waals surface area (Å²) >= 11 is 0. The average molecular weight is 245 g/mol. The highest BCUT2D eigenvalue weighted by molar-refractivity contribution is 5.99. The molecule has 0 aliphatic heterocycles. The highest BCUT2D eigenvalue weighted by Crippen LogP contribution is 2.30. The normalized spacial score (nSPS) is 12.4. The molecule has 0 aliphatic carbocycles. The van der Waals surface area contributed by atoms with Gasteiger partial charge in [-0.1, -0.05) is 6.07 Å². The minimum absolute atomic E-state index is 0.0160. The summed E-state index contributed by atoms with van der Waals surface area (Å²) < 4.78 is 37.1. The van der Waals surface area contributed by atoms with Crippen molar-refractivity contribution in [3.8, 4) is 0 Å². The number of benzene rings is 1. The van der Waals surface area contributed by atoms with E-state index in [1.807, 2.05) is 0 Å². The van der Waals surface area contributed by atoms with E-state index < -0.39 is 17.6 Å². The SMILES string of the molecule is C/C(O)=C/C(=O)Nc1cccc(C(F)(F)F)c1. The monoisotopic (exact) mass is 245 g/mol. The molecule has 92 valence electrons. The molecule has 0 spiro atoms. The smallest absolute Gasteiger partial charge is 0.416 e. The number of anilines is 1. The predicted octanol–water partition coefficient (Wildman–Crippen LogP) is 3.11. The zero-order chi connectivity index (χ0) is 13.1. The topological polar surface area (TPSA) is 49.3 Å². The third-order valence-corrected chi connectivity index (χ3v) is 1.80. The lowest BCUT2D eigenvalue weighted by molar-refractivity contribution is -0.137. The van der Waals surface area contributed by atoms with Crippen LogP contribution in [0.3, 0.4) is 0 Å². The van der Waals surface area contributed by atoms with Crippen LogP contribution in [0.25, 0.3) is 0 Å². The first-order valence-corrected chi connectivity index (χ1v) is 4.64. The van der Waals surface area contributed by atoms with E-state index in [1.54, 1.807) is 0 Å². The van der Waals surface area contributed by atoms with Crippen LogP contribution >= 0.6 is 0 Å². The molecule has 0 aromatic heterocycles. The average Bonchev–Trinajstić information content (AvgIpc) is 2.15. The van der Waals surface area contributed by atoms with Crippen LogP contribution in [0.2, 0.25) is 0 Å². The lowest BCUT2D eigenvalue weighted by Gasteiger charge is -2.08. The van der Waals surface area contributed by atoms with Gasteiger partial charge in [0.05, 0.1) is 11.3 Å². The van der Waals surface area contributed by atoms with Gasteiger partial charge in [0.25, 0.3) is 5.91 Å². The molecule has 17 heavy (non-hydrogen) atoms. The summed E-state index contributed by atoms with van der Waals surface area (Å²) in [5.74, 6) is -0.918. The molecule has 1 aromatic carbocycles. The van der Waals surface area contributed by atoms with E-state index in [0.717, 1.165) is 18.2 Å². The van der Waals surface area contributed by atoms with Crippen LogP contribution in [-0.2, 0) is 11.0 Å². The quantitative estimate of drug-likeness (QED) is 0.621. The van der Waals surface area contributed by atoms with Crippen LogP contribution in [0.1, 0.15) is 12.5 Å². The second-order valence-electron chi connectivity index (χ2n) is 3.35. The van der Waals surface area contributed by atoms with Crippen molar-refractivity contribution in [3.05, 3.63) is 41.7 Å². The summed E-state index contributed by atoms with van der Waals surface area (Å²) in [6.07, 6.45) is -3.58.